The summed E-state index contributed by atoms with van der Waals surface area (Å²) in [5, 5.41) is 2.88. The van der Waals surface area contributed by atoms with Gasteiger partial charge in [0.1, 0.15) is 5.76 Å². The minimum Gasteiger partial charge on any atom is -0.441 e. The SMILES string of the molecule is CC(C)c1cnc(-c2ccc(NC(=O)/C=C/c3ccc(N4CCOCC4)cc3)cc2)o1. The van der Waals surface area contributed by atoms with E-state index in [9.17, 15) is 4.79 Å². The minimum atomic E-state index is -0.178. The van der Waals surface area contributed by atoms with Gasteiger partial charge in [-0.2, -0.15) is 0 Å². The van der Waals surface area contributed by atoms with Crippen LogP contribution in [0.15, 0.2) is 65.2 Å². The fourth-order valence-electron chi connectivity index (χ4n) is 3.36. The number of hydrogen-bond acceptors (Lipinski definition) is 5. The maximum Gasteiger partial charge on any atom is 0.248 e. The van der Waals surface area contributed by atoms with Gasteiger partial charge in [-0.25, -0.2) is 4.98 Å². The standard InChI is InChI=1S/C25H27N3O3/c1-18(2)23-17-26-25(31-23)20-6-8-21(9-7-20)27-24(29)12-5-19-3-10-22(11-4-19)28-13-15-30-16-14-28/h3-12,17-18H,13-16H2,1-2H3,(H,27,29)/b12-5+. The van der Waals surface area contributed by atoms with E-state index in [1.807, 2.05) is 42.5 Å². The van der Waals surface area contributed by atoms with E-state index >= 15 is 0 Å². The number of benzene rings is 2. The highest BCUT2D eigenvalue weighted by molar-refractivity contribution is 6.02. The van der Waals surface area contributed by atoms with E-state index in [1.54, 1.807) is 12.3 Å². The van der Waals surface area contributed by atoms with Gasteiger partial charge < -0.3 is 19.4 Å². The number of ether oxygens (including phenoxy) is 1. The Labute approximate surface area is 182 Å². The molecule has 4 rings (SSSR count). The van der Waals surface area contributed by atoms with Gasteiger partial charge in [0.05, 0.1) is 19.4 Å². The van der Waals surface area contributed by atoms with Crippen molar-refractivity contribution in [1.29, 1.82) is 0 Å². The molecule has 1 aliphatic rings. The Morgan fingerprint density at radius 1 is 1.06 bits per heavy atom. The van der Waals surface area contributed by atoms with Crippen molar-refractivity contribution in [3.05, 3.63) is 72.1 Å². The van der Waals surface area contributed by atoms with Gasteiger partial charge in [-0.3, -0.25) is 4.79 Å². The van der Waals surface area contributed by atoms with Crippen LogP contribution in [-0.4, -0.2) is 37.2 Å². The molecule has 3 aromatic rings. The summed E-state index contributed by atoms with van der Waals surface area (Å²) in [5.41, 5.74) is 3.75. The summed E-state index contributed by atoms with van der Waals surface area (Å²) in [6, 6.07) is 15.7. The van der Waals surface area contributed by atoms with Gasteiger partial charge in [0.25, 0.3) is 0 Å². The fraction of sp³-hybridized carbons (Fsp3) is 0.280. The Bertz CT molecular complexity index is 1030. The Kier molecular flexibility index (Phi) is 6.48. The molecule has 1 aliphatic heterocycles. The molecule has 0 unspecified atom stereocenters. The molecule has 31 heavy (non-hydrogen) atoms. The lowest BCUT2D eigenvalue weighted by Gasteiger charge is -2.28. The molecule has 1 N–H and O–H groups in total. The molecule has 6 nitrogen and oxygen atoms in total. The predicted octanol–water partition coefficient (Wildman–Crippen LogP) is 4.95. The molecule has 1 saturated heterocycles. The number of nitrogens with one attached hydrogen (secondary N) is 1. The maximum absolute atomic E-state index is 12.3. The van der Waals surface area contributed by atoms with Crippen molar-refractivity contribution in [3.8, 4) is 11.5 Å². The molecule has 1 amide bonds. The van der Waals surface area contributed by atoms with Crippen molar-refractivity contribution in [3.63, 3.8) is 0 Å². The van der Waals surface area contributed by atoms with E-state index < -0.39 is 0 Å². The number of aromatic nitrogens is 1. The van der Waals surface area contributed by atoms with Crippen LogP contribution in [0.25, 0.3) is 17.5 Å². The van der Waals surface area contributed by atoms with Gasteiger partial charge in [0.15, 0.2) is 0 Å². The zero-order chi connectivity index (χ0) is 21.6. The van der Waals surface area contributed by atoms with Crippen LogP contribution >= 0.6 is 0 Å². The van der Waals surface area contributed by atoms with Gasteiger partial charge in [-0.1, -0.05) is 26.0 Å². The Hall–Kier alpha value is -3.38. The number of anilines is 2. The Balaban J connectivity index is 1.33. The molecular formula is C25H27N3O3. The molecule has 2 aromatic carbocycles. The third kappa shape index (κ3) is 5.41. The van der Waals surface area contributed by atoms with Gasteiger partial charge in [-0.05, 0) is 48.0 Å². The zero-order valence-corrected chi connectivity index (χ0v) is 17.9. The molecule has 0 bridgehead atoms. The van der Waals surface area contributed by atoms with E-state index in [0.717, 1.165) is 48.9 Å². The summed E-state index contributed by atoms with van der Waals surface area (Å²) < 4.78 is 11.2. The normalized spacial score (nSPS) is 14.4. The first kappa shape index (κ1) is 20.9. The molecule has 0 radical (unpaired) electrons. The lowest BCUT2D eigenvalue weighted by molar-refractivity contribution is -0.111. The molecule has 6 heteroatoms. The van der Waals surface area contributed by atoms with E-state index in [2.05, 4.69) is 41.2 Å². The fourth-order valence-corrected chi connectivity index (χ4v) is 3.36. The van der Waals surface area contributed by atoms with Gasteiger partial charge >= 0.3 is 0 Å². The number of hydrogen-bond donors (Lipinski definition) is 1. The highest BCUT2D eigenvalue weighted by atomic mass is 16.5. The predicted molar refractivity (Wildman–Crippen MR) is 123 cm³/mol. The van der Waals surface area contributed by atoms with Crippen LogP contribution in [0.1, 0.15) is 31.1 Å². The first-order chi connectivity index (χ1) is 15.1. The van der Waals surface area contributed by atoms with E-state index in [0.29, 0.717) is 11.8 Å². The van der Waals surface area contributed by atoms with Crippen LogP contribution in [-0.2, 0) is 9.53 Å². The lowest BCUT2D eigenvalue weighted by atomic mass is 10.1. The third-order valence-electron chi connectivity index (χ3n) is 5.19. The van der Waals surface area contributed by atoms with Crippen LogP contribution in [0.5, 0.6) is 0 Å². The zero-order valence-electron chi connectivity index (χ0n) is 17.9. The van der Waals surface area contributed by atoms with Crippen LogP contribution in [0, 0.1) is 0 Å². The highest BCUT2D eigenvalue weighted by Crippen LogP contribution is 2.24. The number of morpholine rings is 1. The molecular weight excluding hydrogens is 390 g/mol. The van der Waals surface area contributed by atoms with Gasteiger partial charge in [0.2, 0.25) is 11.8 Å². The second-order valence-corrected chi connectivity index (χ2v) is 7.81. The van der Waals surface area contributed by atoms with E-state index in [-0.39, 0.29) is 5.91 Å². The molecule has 1 fully saturated rings. The average Bonchev–Trinajstić information content (AvgIpc) is 3.30. The summed E-state index contributed by atoms with van der Waals surface area (Å²) in [5.74, 6) is 1.56. The van der Waals surface area contributed by atoms with Crippen molar-refractivity contribution in [2.45, 2.75) is 19.8 Å². The Morgan fingerprint density at radius 3 is 2.42 bits per heavy atom. The van der Waals surface area contributed by atoms with Crippen LogP contribution in [0.4, 0.5) is 11.4 Å². The summed E-state index contributed by atoms with van der Waals surface area (Å²) >= 11 is 0. The first-order valence-corrected chi connectivity index (χ1v) is 10.6. The molecule has 160 valence electrons. The van der Waals surface area contributed by atoms with Crippen molar-refractivity contribution in [1.82, 2.24) is 4.98 Å². The summed E-state index contributed by atoms with van der Waals surface area (Å²) in [6.45, 7) is 7.47. The largest absolute Gasteiger partial charge is 0.441 e. The average molecular weight is 418 g/mol. The highest BCUT2D eigenvalue weighted by Gasteiger charge is 2.11. The minimum absolute atomic E-state index is 0.178. The quantitative estimate of drug-likeness (QED) is 0.575. The first-order valence-electron chi connectivity index (χ1n) is 10.6. The number of rotatable bonds is 6. The second kappa shape index (κ2) is 9.62. The number of carbonyl (C=O) groups is 1. The van der Waals surface area contributed by atoms with Crippen molar-refractivity contribution >= 4 is 23.4 Å². The molecule has 0 atom stereocenters. The van der Waals surface area contributed by atoms with Gasteiger partial charge in [0, 0.05) is 42.0 Å². The molecule has 2 heterocycles. The number of amides is 1. The second-order valence-electron chi connectivity index (χ2n) is 7.81. The van der Waals surface area contributed by atoms with Crippen molar-refractivity contribution in [2.24, 2.45) is 0 Å². The lowest BCUT2D eigenvalue weighted by Crippen LogP contribution is -2.36. The van der Waals surface area contributed by atoms with E-state index in [1.165, 1.54) is 5.69 Å². The maximum atomic E-state index is 12.3. The number of oxazole rings is 1. The summed E-state index contributed by atoms with van der Waals surface area (Å²) in [6.07, 6.45) is 5.11. The van der Waals surface area contributed by atoms with Crippen LogP contribution in [0.2, 0.25) is 0 Å². The summed E-state index contributed by atoms with van der Waals surface area (Å²) in [4.78, 5) is 18.9. The monoisotopic (exact) mass is 417 g/mol. The smallest absolute Gasteiger partial charge is 0.248 e. The number of carbonyl (C=O) groups excluding carboxylic acids is 1. The summed E-state index contributed by atoms with van der Waals surface area (Å²) in [7, 11) is 0. The van der Waals surface area contributed by atoms with Crippen LogP contribution in [0.3, 0.4) is 0 Å². The molecule has 0 saturated carbocycles. The number of nitrogens with zero attached hydrogens (tertiary/aromatic N) is 2. The van der Waals surface area contributed by atoms with Crippen LogP contribution < -0.4 is 10.2 Å². The molecule has 0 aliphatic carbocycles. The van der Waals surface area contributed by atoms with Gasteiger partial charge in [-0.15, -0.1) is 0 Å². The van der Waals surface area contributed by atoms with Crippen molar-refractivity contribution in [2.75, 3.05) is 36.5 Å². The third-order valence-corrected chi connectivity index (χ3v) is 5.19. The van der Waals surface area contributed by atoms with Crippen molar-refractivity contribution < 1.29 is 13.9 Å². The molecule has 1 aromatic heterocycles. The van der Waals surface area contributed by atoms with E-state index in [4.69, 9.17) is 9.15 Å². The molecule has 0 spiro atoms. The topological polar surface area (TPSA) is 67.6 Å². The Morgan fingerprint density at radius 2 is 1.77 bits per heavy atom.